The van der Waals surface area contributed by atoms with Crippen LogP contribution in [0, 0.1) is 0 Å². The van der Waals surface area contributed by atoms with Crippen molar-refractivity contribution >= 4 is 11.9 Å². The number of hydrogen-bond acceptors (Lipinski definition) is 3. The molecule has 1 unspecified atom stereocenters. The van der Waals surface area contributed by atoms with Gasteiger partial charge in [0.1, 0.15) is 6.10 Å². The molecule has 0 aliphatic heterocycles. The standard InChI is InChI=1S/C11H10F6O4/c12-9(13,7(18)19)11(16,17)10(14,15)8(20)21-6-4-2-1-3-5-6/h2,4,6H,1,3,5H2,(H,18,19). The molecule has 0 saturated heterocycles. The maximum Gasteiger partial charge on any atom is 0.411 e. The lowest BCUT2D eigenvalue weighted by molar-refractivity contribution is -0.300. The highest BCUT2D eigenvalue weighted by atomic mass is 19.3. The van der Waals surface area contributed by atoms with Crippen LogP contribution in [-0.4, -0.2) is 40.9 Å². The summed E-state index contributed by atoms with van der Waals surface area (Å²) in [6.45, 7) is 0. The van der Waals surface area contributed by atoms with E-state index in [9.17, 15) is 35.9 Å². The first kappa shape index (κ1) is 17.3. The molecule has 120 valence electrons. The number of carboxylic acids is 1. The van der Waals surface area contributed by atoms with Gasteiger partial charge >= 0.3 is 29.7 Å². The molecule has 0 aromatic carbocycles. The number of allylic oxidation sites excluding steroid dienone is 1. The highest BCUT2D eigenvalue weighted by Crippen LogP contribution is 2.46. The minimum Gasteiger partial charge on any atom is -0.477 e. The molecular weight excluding hydrogens is 310 g/mol. The molecule has 1 aliphatic rings. The zero-order chi connectivity index (χ0) is 16.5. The van der Waals surface area contributed by atoms with Crippen LogP contribution in [0.5, 0.6) is 0 Å². The zero-order valence-electron chi connectivity index (χ0n) is 10.3. The van der Waals surface area contributed by atoms with Gasteiger partial charge in [0.25, 0.3) is 0 Å². The summed E-state index contributed by atoms with van der Waals surface area (Å²) in [7, 11) is 0. The van der Waals surface area contributed by atoms with Gasteiger partial charge in [0.15, 0.2) is 0 Å². The Morgan fingerprint density at radius 3 is 2.10 bits per heavy atom. The second-order valence-corrected chi connectivity index (χ2v) is 4.33. The lowest BCUT2D eigenvalue weighted by atomic mass is 10.0. The largest absolute Gasteiger partial charge is 0.477 e. The van der Waals surface area contributed by atoms with Crippen molar-refractivity contribution in [3.05, 3.63) is 12.2 Å². The molecule has 0 aromatic rings. The van der Waals surface area contributed by atoms with Gasteiger partial charge in [0.05, 0.1) is 0 Å². The molecular formula is C11H10F6O4. The molecule has 4 nitrogen and oxygen atoms in total. The maximum absolute atomic E-state index is 13.2. The summed E-state index contributed by atoms with van der Waals surface area (Å²) >= 11 is 0. The van der Waals surface area contributed by atoms with Crippen LogP contribution in [-0.2, 0) is 14.3 Å². The fourth-order valence-corrected chi connectivity index (χ4v) is 1.55. The first-order chi connectivity index (χ1) is 9.44. The van der Waals surface area contributed by atoms with Crippen molar-refractivity contribution in [1.82, 2.24) is 0 Å². The van der Waals surface area contributed by atoms with E-state index in [4.69, 9.17) is 5.11 Å². The van der Waals surface area contributed by atoms with Gasteiger partial charge in [-0.2, -0.15) is 26.3 Å². The van der Waals surface area contributed by atoms with E-state index in [0.29, 0.717) is 12.8 Å². The summed E-state index contributed by atoms with van der Waals surface area (Å²) in [5, 5.41) is 7.92. The minimum atomic E-state index is -6.43. The lowest BCUT2D eigenvalue weighted by Crippen LogP contribution is -2.61. The Kier molecular flexibility index (Phi) is 4.59. The van der Waals surface area contributed by atoms with Crippen molar-refractivity contribution in [3.63, 3.8) is 0 Å². The van der Waals surface area contributed by atoms with Gasteiger partial charge in [-0.1, -0.05) is 6.08 Å². The van der Waals surface area contributed by atoms with Crippen LogP contribution in [0.15, 0.2) is 12.2 Å². The number of ether oxygens (including phenoxy) is 1. The number of alkyl halides is 6. The van der Waals surface area contributed by atoms with E-state index >= 15 is 0 Å². The Bertz CT molecular complexity index is 460. The normalized spacial score (nSPS) is 20.2. The van der Waals surface area contributed by atoms with Gasteiger partial charge in [-0.25, -0.2) is 9.59 Å². The van der Waals surface area contributed by atoms with E-state index in [1.165, 1.54) is 6.08 Å². The van der Waals surface area contributed by atoms with Crippen LogP contribution in [0.25, 0.3) is 0 Å². The topological polar surface area (TPSA) is 63.6 Å². The molecule has 0 fully saturated rings. The van der Waals surface area contributed by atoms with Gasteiger partial charge in [0, 0.05) is 0 Å². The van der Waals surface area contributed by atoms with Crippen LogP contribution in [0.3, 0.4) is 0 Å². The lowest BCUT2D eigenvalue weighted by Gasteiger charge is -2.29. The van der Waals surface area contributed by atoms with Crippen LogP contribution in [0.1, 0.15) is 19.3 Å². The number of aliphatic carboxylic acids is 1. The van der Waals surface area contributed by atoms with Crippen LogP contribution < -0.4 is 0 Å². The second-order valence-electron chi connectivity index (χ2n) is 4.33. The first-order valence-corrected chi connectivity index (χ1v) is 5.69. The molecule has 1 atom stereocenters. The van der Waals surface area contributed by atoms with Crippen molar-refractivity contribution in [2.45, 2.75) is 43.1 Å². The van der Waals surface area contributed by atoms with Gasteiger partial charge in [0.2, 0.25) is 0 Å². The molecule has 0 bridgehead atoms. The molecule has 1 rings (SSSR count). The van der Waals surface area contributed by atoms with Crippen LogP contribution >= 0.6 is 0 Å². The number of carbonyl (C=O) groups is 2. The summed E-state index contributed by atoms with van der Waals surface area (Å²) in [6.07, 6.45) is 2.43. The van der Waals surface area contributed by atoms with Crippen molar-refractivity contribution < 1.29 is 45.8 Å². The highest BCUT2D eigenvalue weighted by Gasteiger charge is 2.79. The third-order valence-electron chi connectivity index (χ3n) is 2.78. The van der Waals surface area contributed by atoms with Crippen molar-refractivity contribution in [2.24, 2.45) is 0 Å². The molecule has 0 amide bonds. The Labute approximate surface area is 114 Å². The second kappa shape index (κ2) is 5.57. The van der Waals surface area contributed by atoms with E-state index < -0.39 is 35.8 Å². The van der Waals surface area contributed by atoms with Crippen molar-refractivity contribution in [3.8, 4) is 0 Å². The number of esters is 1. The number of hydrogen-bond donors (Lipinski definition) is 1. The van der Waals surface area contributed by atoms with Gasteiger partial charge in [-0.3, -0.25) is 0 Å². The fourth-order valence-electron chi connectivity index (χ4n) is 1.55. The fraction of sp³-hybridized carbons (Fsp3) is 0.636. The summed E-state index contributed by atoms with van der Waals surface area (Å²) in [4.78, 5) is 21.0. The minimum absolute atomic E-state index is 0.0687. The Morgan fingerprint density at radius 2 is 1.67 bits per heavy atom. The summed E-state index contributed by atoms with van der Waals surface area (Å²) in [5.74, 6) is -24.9. The van der Waals surface area contributed by atoms with E-state index in [1.54, 1.807) is 0 Å². The number of rotatable bonds is 5. The zero-order valence-corrected chi connectivity index (χ0v) is 10.3. The number of carbonyl (C=O) groups excluding carboxylic acids is 1. The van der Waals surface area contributed by atoms with E-state index in [0.717, 1.165) is 6.08 Å². The monoisotopic (exact) mass is 320 g/mol. The van der Waals surface area contributed by atoms with Crippen molar-refractivity contribution in [1.29, 1.82) is 0 Å². The SMILES string of the molecule is O=C(O)C(F)(F)C(F)(F)C(F)(F)C(=O)OC1C=CCCC1. The first-order valence-electron chi connectivity index (χ1n) is 5.69. The predicted octanol–water partition coefficient (Wildman–Crippen LogP) is 2.63. The third-order valence-corrected chi connectivity index (χ3v) is 2.78. The highest BCUT2D eigenvalue weighted by molar-refractivity contribution is 5.84. The average Bonchev–Trinajstić information content (AvgIpc) is 2.39. The maximum atomic E-state index is 13.2. The van der Waals surface area contributed by atoms with Crippen LogP contribution in [0.4, 0.5) is 26.3 Å². The van der Waals surface area contributed by atoms with E-state index in [1.807, 2.05) is 0 Å². The Hall–Kier alpha value is -1.74. The average molecular weight is 320 g/mol. The quantitative estimate of drug-likeness (QED) is 0.480. The number of halogens is 6. The Morgan fingerprint density at radius 1 is 1.10 bits per heavy atom. The molecule has 0 aromatic heterocycles. The van der Waals surface area contributed by atoms with Crippen molar-refractivity contribution in [2.75, 3.05) is 0 Å². The molecule has 0 spiro atoms. The van der Waals surface area contributed by atoms with Gasteiger partial charge < -0.3 is 9.84 Å². The third kappa shape index (κ3) is 2.98. The molecule has 0 saturated carbocycles. The van der Waals surface area contributed by atoms with E-state index in [-0.39, 0.29) is 6.42 Å². The molecule has 1 N–H and O–H groups in total. The van der Waals surface area contributed by atoms with Gasteiger partial charge in [-0.15, -0.1) is 0 Å². The Balaban J connectivity index is 2.97. The number of carboxylic acid groups (broad SMARTS) is 1. The van der Waals surface area contributed by atoms with Gasteiger partial charge in [-0.05, 0) is 25.3 Å². The summed E-state index contributed by atoms with van der Waals surface area (Å²) in [5.41, 5.74) is 0. The summed E-state index contributed by atoms with van der Waals surface area (Å²) < 4.78 is 81.9. The van der Waals surface area contributed by atoms with Crippen LogP contribution in [0.2, 0.25) is 0 Å². The molecule has 10 heteroatoms. The molecule has 21 heavy (non-hydrogen) atoms. The molecule has 1 aliphatic carbocycles. The summed E-state index contributed by atoms with van der Waals surface area (Å²) in [6, 6.07) is 0. The molecule has 0 radical (unpaired) electrons. The predicted molar refractivity (Wildman–Crippen MR) is 55.3 cm³/mol. The smallest absolute Gasteiger partial charge is 0.411 e. The van der Waals surface area contributed by atoms with E-state index in [2.05, 4.69) is 4.74 Å². The molecule has 0 heterocycles.